The molecule has 1 rings (SSSR count). The molecule has 7 heteroatoms. The van der Waals surface area contributed by atoms with Crippen LogP contribution in [0.2, 0.25) is 0 Å². The Morgan fingerprint density at radius 3 is 2.82 bits per heavy atom. The fourth-order valence-corrected chi connectivity index (χ4v) is 1.66. The summed E-state index contributed by atoms with van der Waals surface area (Å²) in [7, 11) is 2.98. The van der Waals surface area contributed by atoms with E-state index in [1.807, 2.05) is 6.92 Å². The molecule has 2 N–H and O–H groups in total. The first-order chi connectivity index (χ1) is 10.5. The van der Waals surface area contributed by atoms with Gasteiger partial charge in [-0.2, -0.15) is 0 Å². The molecule has 1 aromatic carbocycles. The number of nitrogens with one attached hydrogen (secondary N) is 2. The van der Waals surface area contributed by atoms with Gasteiger partial charge >= 0.3 is 5.97 Å². The molecule has 1 atom stereocenters. The molecule has 0 saturated heterocycles. The van der Waals surface area contributed by atoms with Gasteiger partial charge in [0.2, 0.25) is 0 Å². The summed E-state index contributed by atoms with van der Waals surface area (Å²) < 4.78 is 23.2. The molecule has 0 radical (unpaired) electrons. The van der Waals surface area contributed by atoms with Gasteiger partial charge in [-0.15, -0.1) is 0 Å². The highest BCUT2D eigenvalue weighted by atomic mass is 19.1. The number of carbonyl (C=O) groups is 1. The van der Waals surface area contributed by atoms with Gasteiger partial charge in [0.1, 0.15) is 17.7 Å². The van der Waals surface area contributed by atoms with Crippen LogP contribution in [0.15, 0.2) is 29.3 Å². The normalized spacial score (nSPS) is 12.5. The molecule has 0 aliphatic carbocycles. The van der Waals surface area contributed by atoms with E-state index in [2.05, 4.69) is 20.4 Å². The van der Waals surface area contributed by atoms with Crippen molar-refractivity contribution in [3.8, 4) is 5.75 Å². The Labute approximate surface area is 129 Å². The van der Waals surface area contributed by atoms with Crippen molar-refractivity contribution in [3.63, 3.8) is 0 Å². The smallest absolute Gasteiger partial charge is 0.307 e. The Morgan fingerprint density at radius 2 is 2.18 bits per heavy atom. The molecule has 0 aliphatic heterocycles. The highest BCUT2D eigenvalue weighted by Gasteiger charge is 2.07. The standard InChI is InChI=1S/C15H22FN3O3/c1-11(22-13-6-4-5-12(16)9-13)10-19-15(17-2)18-8-7-14(20)21-3/h4-6,9,11H,7-8,10H2,1-3H3,(H2,17,18,19). The van der Waals surface area contributed by atoms with Crippen molar-refractivity contribution in [1.29, 1.82) is 0 Å². The molecule has 0 aromatic heterocycles. The number of rotatable bonds is 7. The number of benzene rings is 1. The molecular weight excluding hydrogens is 289 g/mol. The summed E-state index contributed by atoms with van der Waals surface area (Å²) in [5.74, 6) is 0.408. The van der Waals surface area contributed by atoms with Crippen LogP contribution in [0.4, 0.5) is 4.39 Å². The summed E-state index contributed by atoms with van der Waals surface area (Å²) >= 11 is 0. The largest absolute Gasteiger partial charge is 0.489 e. The zero-order valence-corrected chi connectivity index (χ0v) is 13.1. The molecule has 1 unspecified atom stereocenters. The Balaban J connectivity index is 2.32. The maximum absolute atomic E-state index is 13.1. The quantitative estimate of drug-likeness (QED) is 0.451. The van der Waals surface area contributed by atoms with Crippen molar-refractivity contribution < 1.29 is 18.7 Å². The number of ether oxygens (including phenoxy) is 2. The summed E-state index contributed by atoms with van der Waals surface area (Å²) in [5.41, 5.74) is 0. The summed E-state index contributed by atoms with van der Waals surface area (Å²) in [6, 6.07) is 5.99. The lowest BCUT2D eigenvalue weighted by molar-refractivity contribution is -0.140. The third kappa shape index (κ3) is 6.92. The second-order valence-corrected chi connectivity index (χ2v) is 4.59. The third-order valence-corrected chi connectivity index (χ3v) is 2.76. The second-order valence-electron chi connectivity index (χ2n) is 4.59. The highest BCUT2D eigenvalue weighted by Crippen LogP contribution is 2.13. The predicted octanol–water partition coefficient (Wildman–Crippen LogP) is 1.32. The van der Waals surface area contributed by atoms with Crippen LogP contribution >= 0.6 is 0 Å². The number of hydrogen-bond donors (Lipinski definition) is 2. The zero-order chi connectivity index (χ0) is 16.4. The third-order valence-electron chi connectivity index (χ3n) is 2.76. The fraction of sp³-hybridized carbons (Fsp3) is 0.467. The first kappa shape index (κ1) is 17.7. The Bertz CT molecular complexity index is 509. The minimum absolute atomic E-state index is 0.180. The predicted molar refractivity (Wildman–Crippen MR) is 82.5 cm³/mol. The van der Waals surface area contributed by atoms with Crippen molar-refractivity contribution in [2.45, 2.75) is 19.4 Å². The number of aliphatic imine (C=N–C) groups is 1. The van der Waals surface area contributed by atoms with E-state index in [9.17, 15) is 9.18 Å². The molecular formula is C15H22FN3O3. The maximum atomic E-state index is 13.1. The number of guanidine groups is 1. The molecule has 122 valence electrons. The minimum atomic E-state index is -0.335. The zero-order valence-electron chi connectivity index (χ0n) is 13.1. The molecule has 1 aromatic rings. The Hall–Kier alpha value is -2.31. The maximum Gasteiger partial charge on any atom is 0.307 e. The molecule has 0 bridgehead atoms. The number of halogens is 1. The minimum Gasteiger partial charge on any atom is -0.489 e. The molecule has 0 fully saturated rings. The van der Waals surface area contributed by atoms with Crippen molar-refractivity contribution in [2.24, 2.45) is 4.99 Å². The van der Waals surface area contributed by atoms with E-state index >= 15 is 0 Å². The summed E-state index contributed by atoms with van der Waals surface area (Å²) in [6.45, 7) is 2.76. The number of esters is 1. The van der Waals surface area contributed by atoms with Gasteiger partial charge in [0.25, 0.3) is 0 Å². The van der Waals surface area contributed by atoms with Crippen LogP contribution in [0.5, 0.6) is 5.75 Å². The van der Waals surface area contributed by atoms with Crippen molar-refractivity contribution in [3.05, 3.63) is 30.1 Å². The van der Waals surface area contributed by atoms with Gasteiger partial charge in [-0.1, -0.05) is 6.07 Å². The van der Waals surface area contributed by atoms with E-state index in [1.54, 1.807) is 19.2 Å². The van der Waals surface area contributed by atoms with E-state index in [4.69, 9.17) is 4.74 Å². The lowest BCUT2D eigenvalue weighted by atomic mass is 10.3. The van der Waals surface area contributed by atoms with Gasteiger partial charge in [-0.3, -0.25) is 9.79 Å². The molecule has 0 aliphatic rings. The van der Waals surface area contributed by atoms with E-state index in [0.29, 0.717) is 24.8 Å². The van der Waals surface area contributed by atoms with E-state index in [0.717, 1.165) is 0 Å². The van der Waals surface area contributed by atoms with Crippen LogP contribution in [-0.4, -0.2) is 45.3 Å². The van der Waals surface area contributed by atoms with Gasteiger partial charge in [0, 0.05) is 19.7 Å². The van der Waals surface area contributed by atoms with Gasteiger partial charge < -0.3 is 20.1 Å². The van der Waals surface area contributed by atoms with E-state index in [1.165, 1.54) is 19.2 Å². The molecule has 22 heavy (non-hydrogen) atoms. The second kappa shape index (κ2) is 9.59. The van der Waals surface area contributed by atoms with Gasteiger partial charge in [0.05, 0.1) is 20.1 Å². The van der Waals surface area contributed by atoms with Crippen LogP contribution in [-0.2, 0) is 9.53 Å². The highest BCUT2D eigenvalue weighted by molar-refractivity contribution is 5.80. The van der Waals surface area contributed by atoms with E-state index < -0.39 is 0 Å². The fourth-order valence-electron chi connectivity index (χ4n) is 1.66. The molecule has 0 amide bonds. The Morgan fingerprint density at radius 1 is 1.41 bits per heavy atom. The van der Waals surface area contributed by atoms with Crippen molar-refractivity contribution in [2.75, 3.05) is 27.2 Å². The summed E-state index contributed by atoms with van der Waals surface area (Å²) in [5, 5.41) is 6.05. The molecule has 6 nitrogen and oxygen atoms in total. The average molecular weight is 311 g/mol. The lowest BCUT2D eigenvalue weighted by Gasteiger charge is -2.17. The van der Waals surface area contributed by atoms with Crippen molar-refractivity contribution in [1.82, 2.24) is 10.6 Å². The van der Waals surface area contributed by atoms with Crippen LogP contribution in [0.25, 0.3) is 0 Å². The first-order valence-electron chi connectivity index (χ1n) is 6.98. The van der Waals surface area contributed by atoms with Crippen LogP contribution in [0, 0.1) is 5.82 Å². The van der Waals surface area contributed by atoms with Crippen molar-refractivity contribution >= 4 is 11.9 Å². The lowest BCUT2D eigenvalue weighted by Crippen LogP contribution is -2.42. The number of methoxy groups -OCH3 is 1. The molecule has 0 heterocycles. The van der Waals surface area contributed by atoms with Gasteiger partial charge in [0.15, 0.2) is 5.96 Å². The average Bonchev–Trinajstić information content (AvgIpc) is 2.50. The summed E-state index contributed by atoms with van der Waals surface area (Å²) in [6.07, 6.45) is 0.0768. The SMILES string of the molecule is CN=C(NCCC(=O)OC)NCC(C)Oc1cccc(F)c1. The monoisotopic (exact) mass is 311 g/mol. The van der Waals surface area contributed by atoms with Crippen LogP contribution in [0.3, 0.4) is 0 Å². The number of carbonyl (C=O) groups excluding carboxylic acids is 1. The Kier molecular flexibility index (Phi) is 7.74. The van der Waals surface area contributed by atoms with Gasteiger partial charge in [-0.05, 0) is 19.1 Å². The molecule has 0 spiro atoms. The van der Waals surface area contributed by atoms with E-state index in [-0.39, 0.29) is 24.3 Å². The summed E-state index contributed by atoms with van der Waals surface area (Å²) in [4.78, 5) is 15.0. The first-order valence-corrected chi connectivity index (χ1v) is 6.98. The van der Waals surface area contributed by atoms with Crippen LogP contribution < -0.4 is 15.4 Å². The van der Waals surface area contributed by atoms with Crippen LogP contribution in [0.1, 0.15) is 13.3 Å². The molecule has 0 saturated carbocycles. The topological polar surface area (TPSA) is 72.0 Å². The van der Waals surface area contributed by atoms with Gasteiger partial charge in [-0.25, -0.2) is 4.39 Å². The number of hydrogen-bond acceptors (Lipinski definition) is 4. The number of nitrogens with zero attached hydrogens (tertiary/aromatic N) is 1.